The Morgan fingerprint density at radius 2 is 2.00 bits per heavy atom. The average molecular weight is 268 g/mol. The first-order chi connectivity index (χ1) is 9.66. The van der Waals surface area contributed by atoms with E-state index in [2.05, 4.69) is 48.0 Å². The van der Waals surface area contributed by atoms with Crippen LogP contribution in [-0.2, 0) is 11.2 Å². The summed E-state index contributed by atoms with van der Waals surface area (Å²) >= 11 is 0. The Labute approximate surface area is 119 Å². The molecule has 0 unspecified atom stereocenters. The van der Waals surface area contributed by atoms with Crippen molar-refractivity contribution in [2.24, 2.45) is 5.92 Å². The highest BCUT2D eigenvalue weighted by atomic mass is 16.2. The van der Waals surface area contributed by atoms with Crippen molar-refractivity contribution >= 4 is 16.8 Å². The Morgan fingerprint density at radius 1 is 1.25 bits per heavy atom. The lowest BCUT2D eigenvalue weighted by molar-refractivity contribution is -0.137. The molecular formula is C17H20N2O. The van der Waals surface area contributed by atoms with Gasteiger partial charge >= 0.3 is 0 Å². The minimum absolute atomic E-state index is 0.161. The molecule has 2 aromatic rings. The van der Waals surface area contributed by atoms with Crippen molar-refractivity contribution < 1.29 is 4.79 Å². The third kappa shape index (κ3) is 1.62. The SMILES string of the molecule is C[C@@H]1Cc2c([nH]c3ccccc23)[C@@H](C)N1C(=O)C1CC1. The van der Waals surface area contributed by atoms with E-state index in [1.807, 2.05) is 0 Å². The molecule has 1 N–H and O–H groups in total. The summed E-state index contributed by atoms with van der Waals surface area (Å²) in [6.45, 7) is 4.34. The summed E-state index contributed by atoms with van der Waals surface area (Å²) in [5.74, 6) is 0.653. The van der Waals surface area contributed by atoms with E-state index in [9.17, 15) is 4.79 Å². The first-order valence-electron chi connectivity index (χ1n) is 7.58. The summed E-state index contributed by atoms with van der Waals surface area (Å²) in [5, 5.41) is 1.32. The molecule has 0 radical (unpaired) electrons. The maximum absolute atomic E-state index is 12.5. The number of carbonyl (C=O) groups is 1. The maximum Gasteiger partial charge on any atom is 0.226 e. The first-order valence-corrected chi connectivity index (χ1v) is 7.58. The van der Waals surface area contributed by atoms with Crippen molar-refractivity contribution in [2.75, 3.05) is 0 Å². The number of rotatable bonds is 1. The monoisotopic (exact) mass is 268 g/mol. The van der Waals surface area contributed by atoms with Gasteiger partial charge in [0.05, 0.1) is 6.04 Å². The Kier molecular flexibility index (Phi) is 2.47. The maximum atomic E-state index is 12.5. The third-order valence-corrected chi connectivity index (χ3v) is 4.84. The van der Waals surface area contributed by atoms with Crippen LogP contribution >= 0.6 is 0 Å². The molecule has 0 bridgehead atoms. The first kappa shape index (κ1) is 12.0. The Hall–Kier alpha value is -1.77. The van der Waals surface area contributed by atoms with Gasteiger partial charge in [0, 0.05) is 28.6 Å². The smallest absolute Gasteiger partial charge is 0.226 e. The lowest BCUT2D eigenvalue weighted by Crippen LogP contribution is -2.45. The zero-order chi connectivity index (χ0) is 13.9. The van der Waals surface area contributed by atoms with Gasteiger partial charge in [0.15, 0.2) is 0 Å². The number of hydrogen-bond donors (Lipinski definition) is 1. The van der Waals surface area contributed by atoms with Crippen LogP contribution in [0.5, 0.6) is 0 Å². The van der Waals surface area contributed by atoms with Gasteiger partial charge in [0.2, 0.25) is 5.91 Å². The number of hydrogen-bond acceptors (Lipinski definition) is 1. The minimum atomic E-state index is 0.161. The number of carbonyl (C=O) groups excluding carboxylic acids is 1. The molecule has 3 heteroatoms. The molecule has 2 heterocycles. The lowest BCUT2D eigenvalue weighted by atomic mass is 9.92. The molecule has 0 saturated heterocycles. The molecule has 1 aliphatic heterocycles. The number of fused-ring (bicyclic) bond motifs is 3. The Bertz CT molecular complexity index is 683. The Morgan fingerprint density at radius 3 is 2.75 bits per heavy atom. The second-order valence-corrected chi connectivity index (χ2v) is 6.31. The van der Waals surface area contributed by atoms with Crippen molar-refractivity contribution in [1.29, 1.82) is 0 Å². The van der Waals surface area contributed by atoms with E-state index < -0.39 is 0 Å². The van der Waals surface area contributed by atoms with Gasteiger partial charge in [-0.2, -0.15) is 0 Å². The molecule has 1 amide bonds. The minimum Gasteiger partial charge on any atom is -0.356 e. The van der Waals surface area contributed by atoms with E-state index in [4.69, 9.17) is 0 Å². The predicted molar refractivity (Wildman–Crippen MR) is 79.4 cm³/mol. The van der Waals surface area contributed by atoms with Crippen molar-refractivity contribution in [1.82, 2.24) is 9.88 Å². The zero-order valence-corrected chi connectivity index (χ0v) is 12.0. The quantitative estimate of drug-likeness (QED) is 0.845. The van der Waals surface area contributed by atoms with Gasteiger partial charge in [0.25, 0.3) is 0 Å². The van der Waals surface area contributed by atoms with E-state index in [-0.39, 0.29) is 6.04 Å². The van der Waals surface area contributed by atoms with Crippen LogP contribution in [0, 0.1) is 5.92 Å². The highest BCUT2D eigenvalue weighted by molar-refractivity contribution is 5.87. The zero-order valence-electron chi connectivity index (χ0n) is 12.0. The molecule has 20 heavy (non-hydrogen) atoms. The van der Waals surface area contributed by atoms with E-state index >= 15 is 0 Å². The molecule has 3 nitrogen and oxygen atoms in total. The fourth-order valence-corrected chi connectivity index (χ4v) is 3.66. The van der Waals surface area contributed by atoms with E-state index in [1.54, 1.807) is 0 Å². The fourth-order valence-electron chi connectivity index (χ4n) is 3.66. The molecule has 1 aromatic carbocycles. The second kappa shape index (κ2) is 4.11. The van der Waals surface area contributed by atoms with Gasteiger partial charge in [-0.15, -0.1) is 0 Å². The molecule has 104 valence electrons. The lowest BCUT2D eigenvalue weighted by Gasteiger charge is -2.39. The molecular weight excluding hydrogens is 248 g/mol. The number of nitrogens with one attached hydrogen (secondary N) is 1. The molecule has 1 aromatic heterocycles. The van der Waals surface area contributed by atoms with E-state index in [0.29, 0.717) is 17.9 Å². The molecule has 0 spiro atoms. The number of nitrogens with zero attached hydrogens (tertiary/aromatic N) is 1. The van der Waals surface area contributed by atoms with Gasteiger partial charge in [-0.05, 0) is 44.7 Å². The number of H-pyrrole nitrogens is 1. The summed E-state index contributed by atoms with van der Waals surface area (Å²) in [5.41, 5.74) is 3.83. The predicted octanol–water partition coefficient (Wildman–Crippen LogP) is 3.41. The van der Waals surface area contributed by atoms with Gasteiger partial charge in [-0.25, -0.2) is 0 Å². The van der Waals surface area contributed by atoms with Crippen LogP contribution in [0.15, 0.2) is 24.3 Å². The third-order valence-electron chi connectivity index (χ3n) is 4.84. The number of amides is 1. The topological polar surface area (TPSA) is 36.1 Å². The van der Waals surface area contributed by atoms with Crippen molar-refractivity contribution in [3.8, 4) is 0 Å². The van der Waals surface area contributed by atoms with Gasteiger partial charge in [0.1, 0.15) is 0 Å². The molecule has 1 saturated carbocycles. The van der Waals surface area contributed by atoms with Crippen LogP contribution in [0.4, 0.5) is 0 Å². The van der Waals surface area contributed by atoms with Gasteiger partial charge < -0.3 is 9.88 Å². The molecule has 1 aliphatic carbocycles. The molecule has 2 aliphatic rings. The number of aromatic amines is 1. The Balaban J connectivity index is 1.80. The van der Waals surface area contributed by atoms with E-state index in [1.165, 1.54) is 22.2 Å². The van der Waals surface area contributed by atoms with Crippen molar-refractivity contribution in [3.05, 3.63) is 35.5 Å². The summed E-state index contributed by atoms with van der Waals surface area (Å²) in [6, 6.07) is 8.92. The van der Waals surface area contributed by atoms with Gasteiger partial charge in [-0.3, -0.25) is 4.79 Å². The van der Waals surface area contributed by atoms with Crippen LogP contribution in [0.25, 0.3) is 10.9 Å². The van der Waals surface area contributed by atoms with Crippen LogP contribution in [0.2, 0.25) is 0 Å². The highest BCUT2D eigenvalue weighted by Gasteiger charge is 2.41. The summed E-state index contributed by atoms with van der Waals surface area (Å²) < 4.78 is 0. The molecule has 4 rings (SSSR count). The fraction of sp³-hybridized carbons (Fsp3) is 0.471. The largest absolute Gasteiger partial charge is 0.356 e. The molecule has 2 atom stereocenters. The van der Waals surface area contributed by atoms with Crippen LogP contribution in [0.1, 0.15) is 44.0 Å². The highest BCUT2D eigenvalue weighted by Crippen LogP contribution is 2.40. The van der Waals surface area contributed by atoms with Crippen LogP contribution in [0.3, 0.4) is 0 Å². The second-order valence-electron chi connectivity index (χ2n) is 6.31. The standard InChI is InChI=1S/C17H20N2O/c1-10-9-14-13-5-3-4-6-15(13)18-16(14)11(2)19(10)17(20)12-7-8-12/h3-6,10-12,18H,7-9H2,1-2H3/t10-,11-/m1/s1. The number of para-hydroxylation sites is 1. The summed E-state index contributed by atoms with van der Waals surface area (Å²) in [7, 11) is 0. The van der Waals surface area contributed by atoms with Crippen molar-refractivity contribution in [2.45, 2.75) is 45.2 Å². The van der Waals surface area contributed by atoms with Crippen molar-refractivity contribution in [3.63, 3.8) is 0 Å². The van der Waals surface area contributed by atoms with Crippen LogP contribution in [-0.4, -0.2) is 21.8 Å². The average Bonchev–Trinajstić information content (AvgIpc) is 3.21. The van der Waals surface area contributed by atoms with E-state index in [0.717, 1.165) is 19.3 Å². The van der Waals surface area contributed by atoms with Gasteiger partial charge in [-0.1, -0.05) is 18.2 Å². The van der Waals surface area contributed by atoms with Crippen LogP contribution < -0.4 is 0 Å². The number of aromatic nitrogens is 1. The normalized spacial score (nSPS) is 25.8. The molecule has 1 fully saturated rings. The summed E-state index contributed by atoms with van der Waals surface area (Å²) in [4.78, 5) is 18.2. The number of benzene rings is 1. The summed E-state index contributed by atoms with van der Waals surface area (Å²) in [6.07, 6.45) is 3.12.